The number of hydrazine groups is 1. The van der Waals surface area contributed by atoms with E-state index in [0.717, 1.165) is 0 Å². The van der Waals surface area contributed by atoms with Crippen LogP contribution in [0.25, 0.3) is 0 Å². The quantitative estimate of drug-likeness (QED) is 0.178. The van der Waals surface area contributed by atoms with Crippen molar-refractivity contribution >= 4 is 50.9 Å². The van der Waals surface area contributed by atoms with Crippen molar-refractivity contribution in [2.24, 2.45) is 4.99 Å². The maximum atomic E-state index is 12.0. The van der Waals surface area contributed by atoms with Crippen LogP contribution in [-0.4, -0.2) is 40.7 Å². The van der Waals surface area contributed by atoms with Gasteiger partial charge in [0, 0.05) is 28.4 Å². The van der Waals surface area contributed by atoms with Gasteiger partial charge in [0.15, 0.2) is 0 Å². The van der Waals surface area contributed by atoms with Crippen LogP contribution in [0.5, 0.6) is 0 Å². The molecule has 0 spiro atoms. The van der Waals surface area contributed by atoms with Crippen molar-refractivity contribution < 1.29 is 49.5 Å². The number of aliphatic hydroxyl groups is 1. The number of anilines is 1. The zero-order chi connectivity index (χ0) is 19.9. The molecule has 2 heterocycles. The van der Waals surface area contributed by atoms with Crippen LogP contribution in [0.1, 0.15) is 6.92 Å². The third-order valence-electron chi connectivity index (χ3n) is 2.78. The molecular weight excluding hydrogens is 475 g/mol. The molecule has 1 aliphatic rings. The minimum absolute atomic E-state index is 0. The molecule has 1 aromatic heterocycles. The predicted molar refractivity (Wildman–Crippen MR) is 91.6 cm³/mol. The van der Waals surface area contributed by atoms with Crippen LogP contribution in [0.3, 0.4) is 0 Å². The average molecular weight is 488 g/mol. The van der Waals surface area contributed by atoms with Crippen LogP contribution < -0.4 is 15.8 Å². The third kappa shape index (κ3) is 9.31. The molecule has 0 saturated carbocycles. The Kier molecular flexibility index (Phi) is 10.7. The number of rotatable bonds is 4. The number of aromatic nitrogens is 1. The van der Waals surface area contributed by atoms with E-state index in [1.807, 2.05) is 0 Å². The molecule has 152 valence electrons. The number of carbonyl (C=O) groups excluding carboxylic acids is 1. The van der Waals surface area contributed by atoms with Gasteiger partial charge in [-0.1, -0.05) is 23.2 Å². The summed E-state index contributed by atoms with van der Waals surface area (Å²) in [6.45, 7) is 1.34. The second-order valence-electron chi connectivity index (χ2n) is 4.63. The Hall–Kier alpha value is -1.50. The molecular formula is C13H13Cl2CuN4O6S. The number of pyridine rings is 1. The van der Waals surface area contributed by atoms with E-state index in [4.69, 9.17) is 40.7 Å². The molecule has 0 amide bonds. The Balaban J connectivity index is 0.00000100. The first-order chi connectivity index (χ1) is 12.0. The van der Waals surface area contributed by atoms with Crippen molar-refractivity contribution in [1.82, 2.24) is 5.43 Å². The van der Waals surface area contributed by atoms with Crippen LogP contribution in [0.4, 0.5) is 5.82 Å². The van der Waals surface area contributed by atoms with Gasteiger partial charge in [0.1, 0.15) is 11.2 Å². The minimum Gasteiger partial charge on any atom is -0.759 e. The smallest absolute Gasteiger partial charge is 0.759 e. The summed E-state index contributed by atoms with van der Waals surface area (Å²) >= 11 is 11.8. The zero-order valence-electron chi connectivity index (χ0n) is 13.4. The average Bonchev–Trinajstić information content (AvgIpc) is 2.52. The number of carbonyl (C=O) groups is 1. The Bertz CT molecular complexity index is 881. The Labute approximate surface area is 175 Å². The molecule has 14 heteroatoms. The monoisotopic (exact) mass is 486 g/mol. The fourth-order valence-electron chi connectivity index (χ4n) is 1.65. The largest absolute Gasteiger partial charge is 1.00 e. The van der Waals surface area contributed by atoms with E-state index in [1.165, 1.54) is 12.4 Å². The van der Waals surface area contributed by atoms with Gasteiger partial charge >= 0.3 is 22.9 Å². The van der Waals surface area contributed by atoms with Gasteiger partial charge in [0.2, 0.25) is 5.78 Å². The number of hydrogen-bond acceptors (Lipinski definition) is 9. The Morgan fingerprint density at radius 3 is 2.48 bits per heavy atom. The summed E-state index contributed by atoms with van der Waals surface area (Å²) in [6.07, 6.45) is 4.47. The number of aliphatic hydroxyl groups excluding tert-OH is 1. The van der Waals surface area contributed by atoms with Crippen molar-refractivity contribution in [3.8, 4) is 0 Å². The number of aliphatic imine (C=N–C) groups is 1. The van der Waals surface area contributed by atoms with Crippen LogP contribution >= 0.6 is 23.2 Å². The molecule has 1 aromatic rings. The van der Waals surface area contributed by atoms with Crippen molar-refractivity contribution in [2.45, 2.75) is 6.92 Å². The van der Waals surface area contributed by atoms with Gasteiger partial charge in [-0.2, -0.15) is 5.43 Å². The fourth-order valence-corrected chi connectivity index (χ4v) is 2.09. The number of halogens is 2. The second kappa shape index (κ2) is 11.4. The van der Waals surface area contributed by atoms with E-state index in [9.17, 15) is 9.90 Å². The van der Waals surface area contributed by atoms with Crippen molar-refractivity contribution in [3.05, 3.63) is 45.9 Å². The van der Waals surface area contributed by atoms with Crippen LogP contribution in [-0.2, 0) is 32.3 Å². The summed E-state index contributed by atoms with van der Waals surface area (Å²) in [5.74, 6) is 0.239. The number of nitrogens with one attached hydrogen (secondary N) is 3. The molecule has 0 radical (unpaired) electrons. The van der Waals surface area contributed by atoms with Gasteiger partial charge in [-0.05, 0) is 13.0 Å². The summed E-state index contributed by atoms with van der Waals surface area (Å²) < 4.78 is 34.1. The summed E-state index contributed by atoms with van der Waals surface area (Å²) in [4.78, 5) is 18.7. The van der Waals surface area contributed by atoms with Crippen LogP contribution in [0.15, 0.2) is 40.8 Å². The third-order valence-corrected chi connectivity index (χ3v) is 3.29. The maximum Gasteiger partial charge on any atom is 1.00 e. The van der Waals surface area contributed by atoms with Gasteiger partial charge in [-0.3, -0.25) is 18.2 Å². The molecule has 0 aliphatic carbocycles. The molecule has 0 aromatic carbocycles. The SMILES string of the molecule is CC1=NC=C(CO)/C(=C/NNc2[nH+]cc(Cl)cc2Cl)C1=O.O=S(=O)([O-])[O-].[Cu+]. The molecule has 27 heavy (non-hydrogen) atoms. The van der Waals surface area contributed by atoms with Crippen molar-refractivity contribution in [3.63, 3.8) is 0 Å². The van der Waals surface area contributed by atoms with Gasteiger partial charge in [-0.15, -0.1) is 0 Å². The van der Waals surface area contributed by atoms with E-state index in [0.29, 0.717) is 32.7 Å². The van der Waals surface area contributed by atoms with E-state index in [-0.39, 0.29) is 29.5 Å². The van der Waals surface area contributed by atoms with Gasteiger partial charge in [0.05, 0.1) is 22.9 Å². The molecule has 0 bridgehead atoms. The number of aromatic amines is 1. The Morgan fingerprint density at radius 1 is 1.37 bits per heavy atom. The summed E-state index contributed by atoms with van der Waals surface area (Å²) in [6, 6.07) is 1.57. The number of hydrogen-bond donors (Lipinski definition) is 3. The molecule has 0 unspecified atom stereocenters. The summed E-state index contributed by atoms with van der Waals surface area (Å²) in [7, 11) is -5.17. The predicted octanol–water partition coefficient (Wildman–Crippen LogP) is 0.187. The maximum absolute atomic E-state index is 12.0. The first-order valence-electron chi connectivity index (χ1n) is 6.67. The summed E-state index contributed by atoms with van der Waals surface area (Å²) in [5, 5.41) is 10.1. The van der Waals surface area contributed by atoms with E-state index in [2.05, 4.69) is 20.8 Å². The van der Waals surface area contributed by atoms with Crippen LogP contribution in [0, 0.1) is 0 Å². The molecule has 0 fully saturated rings. The fraction of sp³-hybridized carbons (Fsp3) is 0.154. The van der Waals surface area contributed by atoms with Gasteiger partial charge < -0.3 is 14.2 Å². The Morgan fingerprint density at radius 2 is 1.96 bits per heavy atom. The summed E-state index contributed by atoms with van der Waals surface area (Å²) in [5.41, 5.74) is 6.67. The van der Waals surface area contributed by atoms with Crippen molar-refractivity contribution in [2.75, 3.05) is 12.0 Å². The molecule has 4 N–H and O–H groups in total. The van der Waals surface area contributed by atoms with Gasteiger partial charge in [-0.25, -0.2) is 10.4 Å². The number of H-pyrrole nitrogens is 1. The molecule has 10 nitrogen and oxygen atoms in total. The first kappa shape index (κ1) is 25.5. The number of Topliss-reactive ketones (excluding diaryl/α,β-unsaturated/α-hetero) is 1. The first-order valence-corrected chi connectivity index (χ1v) is 8.76. The number of ketones is 1. The second-order valence-corrected chi connectivity index (χ2v) is 6.29. The topological polar surface area (TPSA) is 168 Å². The standard InChI is InChI=1S/C13H12Cl2N4O2.Cu.H2O4S/c1-7-12(21)10(8(6-20)3-16-7)5-18-19-13-11(15)2-9(14)4-17-13;;1-5(2,3)4/h2-5,18,20H,6H2,1H3,(H,17,19);;(H2,1,2,3,4)/q;+1;/p-1/b10-5-;;. The van der Waals surface area contributed by atoms with E-state index < -0.39 is 10.4 Å². The molecule has 0 atom stereocenters. The van der Waals surface area contributed by atoms with Crippen LogP contribution in [0.2, 0.25) is 10.0 Å². The van der Waals surface area contributed by atoms with Crippen molar-refractivity contribution in [1.29, 1.82) is 0 Å². The molecule has 0 saturated heterocycles. The van der Waals surface area contributed by atoms with E-state index in [1.54, 1.807) is 19.2 Å². The minimum atomic E-state index is -5.17. The van der Waals surface area contributed by atoms with E-state index >= 15 is 0 Å². The number of nitrogens with zero attached hydrogens (tertiary/aromatic N) is 1. The molecule has 1 aliphatic heterocycles. The van der Waals surface area contributed by atoms with Gasteiger partial charge in [0.25, 0.3) is 0 Å². The zero-order valence-corrected chi connectivity index (χ0v) is 16.7. The molecule has 2 rings (SSSR count). The normalized spacial score (nSPS) is 15.0.